The number of aromatic nitrogens is 1. The van der Waals surface area contributed by atoms with Gasteiger partial charge in [0.2, 0.25) is 0 Å². The van der Waals surface area contributed by atoms with Crippen molar-refractivity contribution in [1.82, 2.24) is 9.88 Å². The van der Waals surface area contributed by atoms with Crippen LogP contribution in [0.15, 0.2) is 59.4 Å². The Morgan fingerprint density at radius 2 is 1.89 bits per heavy atom. The van der Waals surface area contributed by atoms with E-state index in [-0.39, 0.29) is 11.5 Å². The van der Waals surface area contributed by atoms with E-state index in [9.17, 15) is 9.59 Å². The molecule has 0 spiro atoms. The van der Waals surface area contributed by atoms with Gasteiger partial charge in [-0.3, -0.25) is 9.59 Å². The average molecular weight is 399 g/mol. The summed E-state index contributed by atoms with van der Waals surface area (Å²) in [6, 6.07) is 16.2. The summed E-state index contributed by atoms with van der Waals surface area (Å²) in [6.45, 7) is 4.10. The number of fused-ring (bicyclic) bond motifs is 1. The number of pyridine rings is 1. The summed E-state index contributed by atoms with van der Waals surface area (Å²) in [5.41, 5.74) is 1.87. The highest BCUT2D eigenvalue weighted by molar-refractivity contribution is 6.30. The summed E-state index contributed by atoms with van der Waals surface area (Å²) in [5, 5.41) is 4.27. The molecule has 0 radical (unpaired) electrons. The van der Waals surface area contributed by atoms with E-state index in [1.165, 1.54) is 6.07 Å². The van der Waals surface area contributed by atoms with Crippen molar-refractivity contribution in [3.63, 3.8) is 0 Å². The second-order valence-corrected chi connectivity index (χ2v) is 6.87. The number of rotatable bonds is 8. The predicted octanol–water partition coefficient (Wildman–Crippen LogP) is 3.86. The molecular weight excluding hydrogens is 376 g/mol. The standard InChI is InChI=1S/C22H23ClN2O3/c1-2-28-13-5-12-24-22(27)19-14-21(26)25(20-7-4-3-6-18(19)20)15-16-8-10-17(23)11-9-16/h3-4,6-11,14H,2,5,12-13,15H2,1H3,(H,24,27). The monoisotopic (exact) mass is 398 g/mol. The molecule has 5 nitrogen and oxygen atoms in total. The summed E-state index contributed by atoms with van der Waals surface area (Å²) in [5.74, 6) is -0.247. The number of para-hydroxylation sites is 1. The van der Waals surface area contributed by atoms with Gasteiger partial charge in [-0.15, -0.1) is 0 Å². The van der Waals surface area contributed by atoms with Gasteiger partial charge in [0.15, 0.2) is 0 Å². The van der Waals surface area contributed by atoms with Crippen LogP contribution in [0, 0.1) is 0 Å². The van der Waals surface area contributed by atoms with Crippen LogP contribution in [-0.2, 0) is 11.3 Å². The van der Waals surface area contributed by atoms with Gasteiger partial charge in [0.05, 0.1) is 17.6 Å². The van der Waals surface area contributed by atoms with Gasteiger partial charge in [0, 0.05) is 36.2 Å². The number of benzene rings is 2. The Kier molecular flexibility index (Phi) is 6.85. The minimum atomic E-state index is -0.247. The van der Waals surface area contributed by atoms with Crippen LogP contribution in [0.2, 0.25) is 5.02 Å². The Morgan fingerprint density at radius 3 is 2.64 bits per heavy atom. The largest absolute Gasteiger partial charge is 0.382 e. The Hall–Kier alpha value is -2.63. The molecule has 0 atom stereocenters. The van der Waals surface area contributed by atoms with Crippen LogP contribution in [0.1, 0.15) is 29.3 Å². The van der Waals surface area contributed by atoms with Gasteiger partial charge in [-0.05, 0) is 37.1 Å². The molecule has 0 aliphatic rings. The van der Waals surface area contributed by atoms with E-state index in [4.69, 9.17) is 16.3 Å². The number of halogens is 1. The van der Waals surface area contributed by atoms with E-state index in [1.807, 2.05) is 43.3 Å². The fourth-order valence-corrected chi connectivity index (χ4v) is 3.20. The third kappa shape index (κ3) is 4.80. The number of hydrogen-bond acceptors (Lipinski definition) is 3. The van der Waals surface area contributed by atoms with E-state index in [0.717, 1.165) is 22.9 Å². The van der Waals surface area contributed by atoms with E-state index < -0.39 is 0 Å². The predicted molar refractivity (Wildman–Crippen MR) is 112 cm³/mol. The molecule has 0 aliphatic carbocycles. The lowest BCUT2D eigenvalue weighted by Crippen LogP contribution is -2.29. The lowest BCUT2D eigenvalue weighted by atomic mass is 10.1. The number of carbonyl (C=O) groups excluding carboxylic acids is 1. The highest BCUT2D eigenvalue weighted by Gasteiger charge is 2.14. The normalized spacial score (nSPS) is 10.9. The molecule has 6 heteroatoms. The zero-order valence-electron chi connectivity index (χ0n) is 15.8. The van der Waals surface area contributed by atoms with E-state index in [0.29, 0.717) is 36.9 Å². The summed E-state index contributed by atoms with van der Waals surface area (Å²) >= 11 is 5.95. The number of amides is 1. The molecule has 1 heterocycles. The van der Waals surface area contributed by atoms with Crippen LogP contribution < -0.4 is 10.9 Å². The maximum atomic E-state index is 12.8. The quantitative estimate of drug-likeness (QED) is 0.586. The fourth-order valence-electron chi connectivity index (χ4n) is 3.07. The average Bonchev–Trinajstić information content (AvgIpc) is 2.71. The molecule has 0 unspecified atom stereocenters. The summed E-state index contributed by atoms with van der Waals surface area (Å²) in [6.07, 6.45) is 0.727. The number of hydrogen-bond donors (Lipinski definition) is 1. The Bertz CT molecular complexity index is 1010. The molecule has 28 heavy (non-hydrogen) atoms. The van der Waals surface area contributed by atoms with Crippen molar-refractivity contribution in [2.45, 2.75) is 19.9 Å². The van der Waals surface area contributed by atoms with Crippen molar-refractivity contribution in [3.05, 3.63) is 81.1 Å². The highest BCUT2D eigenvalue weighted by atomic mass is 35.5. The second kappa shape index (κ2) is 9.53. The lowest BCUT2D eigenvalue weighted by molar-refractivity contribution is 0.0945. The van der Waals surface area contributed by atoms with Gasteiger partial charge in [-0.2, -0.15) is 0 Å². The summed E-state index contributed by atoms with van der Waals surface area (Å²) < 4.78 is 6.95. The third-order valence-electron chi connectivity index (χ3n) is 4.47. The fraction of sp³-hybridized carbons (Fsp3) is 0.273. The van der Waals surface area contributed by atoms with Crippen molar-refractivity contribution in [1.29, 1.82) is 0 Å². The smallest absolute Gasteiger partial charge is 0.252 e. The molecule has 1 amide bonds. The third-order valence-corrected chi connectivity index (χ3v) is 4.72. The number of nitrogens with zero attached hydrogens (tertiary/aromatic N) is 1. The molecule has 0 saturated heterocycles. The van der Waals surface area contributed by atoms with Crippen molar-refractivity contribution in [2.24, 2.45) is 0 Å². The van der Waals surface area contributed by atoms with Crippen molar-refractivity contribution < 1.29 is 9.53 Å². The molecule has 2 aromatic carbocycles. The molecule has 1 N–H and O–H groups in total. The molecule has 0 saturated carbocycles. The van der Waals surface area contributed by atoms with Crippen molar-refractivity contribution in [2.75, 3.05) is 19.8 Å². The number of ether oxygens (including phenoxy) is 1. The summed E-state index contributed by atoms with van der Waals surface area (Å²) in [4.78, 5) is 25.4. The lowest BCUT2D eigenvalue weighted by Gasteiger charge is -2.14. The zero-order valence-corrected chi connectivity index (χ0v) is 16.5. The maximum Gasteiger partial charge on any atom is 0.252 e. The molecule has 0 bridgehead atoms. The zero-order chi connectivity index (χ0) is 19.9. The van der Waals surface area contributed by atoms with Gasteiger partial charge in [0.1, 0.15) is 0 Å². The first-order chi connectivity index (χ1) is 13.6. The highest BCUT2D eigenvalue weighted by Crippen LogP contribution is 2.18. The Labute approximate surface area is 168 Å². The minimum absolute atomic E-state index is 0.215. The number of carbonyl (C=O) groups is 1. The van der Waals surface area contributed by atoms with Gasteiger partial charge >= 0.3 is 0 Å². The first kappa shape index (κ1) is 20.1. The molecule has 146 valence electrons. The van der Waals surface area contributed by atoms with Crippen LogP contribution in [-0.4, -0.2) is 30.2 Å². The molecular formula is C22H23ClN2O3. The van der Waals surface area contributed by atoms with Crippen LogP contribution in [0.5, 0.6) is 0 Å². The minimum Gasteiger partial charge on any atom is -0.382 e. The van der Waals surface area contributed by atoms with E-state index in [1.54, 1.807) is 16.7 Å². The van der Waals surface area contributed by atoms with Crippen molar-refractivity contribution in [3.8, 4) is 0 Å². The Morgan fingerprint density at radius 1 is 1.14 bits per heavy atom. The molecule has 3 aromatic rings. The van der Waals surface area contributed by atoms with Crippen molar-refractivity contribution >= 4 is 28.4 Å². The molecule has 0 aliphatic heterocycles. The van der Waals surface area contributed by atoms with Crippen LogP contribution in [0.25, 0.3) is 10.9 Å². The van der Waals surface area contributed by atoms with E-state index >= 15 is 0 Å². The first-order valence-corrected chi connectivity index (χ1v) is 9.71. The topological polar surface area (TPSA) is 60.3 Å². The van der Waals surface area contributed by atoms with Crippen LogP contribution >= 0.6 is 11.6 Å². The maximum absolute atomic E-state index is 12.8. The van der Waals surface area contributed by atoms with Gasteiger partial charge < -0.3 is 14.6 Å². The molecule has 3 rings (SSSR count). The van der Waals surface area contributed by atoms with Gasteiger partial charge in [-0.25, -0.2) is 0 Å². The molecule has 0 fully saturated rings. The Balaban J connectivity index is 1.89. The first-order valence-electron chi connectivity index (χ1n) is 9.33. The van der Waals surface area contributed by atoms with E-state index in [2.05, 4.69) is 5.32 Å². The van der Waals surface area contributed by atoms with Crippen LogP contribution in [0.4, 0.5) is 0 Å². The second-order valence-electron chi connectivity index (χ2n) is 6.43. The van der Waals surface area contributed by atoms with Gasteiger partial charge in [-0.1, -0.05) is 41.9 Å². The van der Waals surface area contributed by atoms with Gasteiger partial charge in [0.25, 0.3) is 11.5 Å². The van der Waals surface area contributed by atoms with Crippen LogP contribution in [0.3, 0.4) is 0 Å². The molecule has 1 aromatic heterocycles. The SMILES string of the molecule is CCOCCCNC(=O)c1cc(=O)n(Cc2ccc(Cl)cc2)c2ccccc12. The number of nitrogens with one attached hydrogen (secondary N) is 1. The summed E-state index contributed by atoms with van der Waals surface area (Å²) in [7, 11) is 0.